The minimum Gasteiger partial charge on any atom is -0.280 e. The molecule has 0 amide bonds. The molecule has 0 aliphatic heterocycles. The zero-order chi connectivity index (χ0) is 14.0. The fourth-order valence-electron chi connectivity index (χ4n) is 2.03. The predicted molar refractivity (Wildman–Crippen MR) is 79.0 cm³/mol. The first-order valence-corrected chi connectivity index (χ1v) is 7.57. The normalized spacial score (nSPS) is 11.4. The van der Waals surface area contributed by atoms with E-state index in [1.54, 1.807) is 60.8 Å². The van der Waals surface area contributed by atoms with Gasteiger partial charge in [0.25, 0.3) is 10.0 Å². The molecule has 0 fully saturated rings. The number of aromatic nitrogens is 1. The molecule has 0 saturated heterocycles. The molecule has 3 aromatic rings. The largest absolute Gasteiger partial charge is 0.280 e. The summed E-state index contributed by atoms with van der Waals surface area (Å²) >= 11 is 0. The molecule has 2 aromatic carbocycles. The number of nitrogens with one attached hydrogen (secondary N) is 1. The van der Waals surface area contributed by atoms with E-state index in [2.05, 4.69) is 9.71 Å². The molecule has 1 heterocycles. The molecule has 0 aliphatic rings. The van der Waals surface area contributed by atoms with E-state index in [0.717, 1.165) is 0 Å². The lowest BCUT2D eigenvalue weighted by Crippen LogP contribution is -2.13. The van der Waals surface area contributed by atoms with Crippen LogP contribution in [0.25, 0.3) is 10.9 Å². The van der Waals surface area contributed by atoms with Gasteiger partial charge < -0.3 is 0 Å². The Balaban J connectivity index is 2.10. The van der Waals surface area contributed by atoms with Gasteiger partial charge in [-0.3, -0.25) is 9.71 Å². The number of hydrogen-bond acceptors (Lipinski definition) is 3. The third-order valence-corrected chi connectivity index (χ3v) is 4.36. The Labute approximate surface area is 117 Å². The summed E-state index contributed by atoms with van der Waals surface area (Å²) in [6, 6.07) is 17.3. The fraction of sp³-hybridized carbons (Fsp3) is 0. The van der Waals surface area contributed by atoms with Gasteiger partial charge in [0.15, 0.2) is 0 Å². The number of pyridine rings is 1. The summed E-state index contributed by atoms with van der Waals surface area (Å²) in [5, 5.41) is 0.610. The minimum absolute atomic E-state index is 0.229. The molecule has 1 N–H and O–H groups in total. The first-order chi connectivity index (χ1) is 9.67. The number of hydrogen-bond donors (Lipinski definition) is 1. The average molecular weight is 284 g/mol. The van der Waals surface area contributed by atoms with Gasteiger partial charge in [-0.05, 0) is 36.4 Å². The Hall–Kier alpha value is -2.40. The first-order valence-electron chi connectivity index (χ1n) is 6.08. The molecule has 0 atom stereocenters. The smallest absolute Gasteiger partial charge is 0.262 e. The van der Waals surface area contributed by atoms with Gasteiger partial charge in [0.2, 0.25) is 0 Å². The highest BCUT2D eigenvalue weighted by Crippen LogP contribution is 2.23. The maximum atomic E-state index is 12.5. The number of anilines is 1. The average Bonchev–Trinajstić information content (AvgIpc) is 2.47. The fourth-order valence-corrected chi connectivity index (χ4v) is 3.30. The number of nitrogens with zero attached hydrogens (tertiary/aromatic N) is 1. The van der Waals surface area contributed by atoms with E-state index in [4.69, 9.17) is 0 Å². The molecular weight excluding hydrogens is 272 g/mol. The van der Waals surface area contributed by atoms with Gasteiger partial charge in [-0.25, -0.2) is 8.42 Å². The highest BCUT2D eigenvalue weighted by atomic mass is 32.2. The molecule has 0 bridgehead atoms. The van der Waals surface area contributed by atoms with Crippen LogP contribution in [-0.2, 0) is 10.0 Å². The number of benzene rings is 2. The van der Waals surface area contributed by atoms with Gasteiger partial charge in [0, 0.05) is 17.3 Å². The van der Waals surface area contributed by atoms with Gasteiger partial charge in [-0.2, -0.15) is 0 Å². The van der Waals surface area contributed by atoms with Crippen LogP contribution in [0.4, 0.5) is 5.69 Å². The van der Waals surface area contributed by atoms with Crippen molar-refractivity contribution in [3.63, 3.8) is 0 Å². The summed E-state index contributed by atoms with van der Waals surface area (Å²) in [5.41, 5.74) is 1.19. The third-order valence-electron chi connectivity index (χ3n) is 2.92. The lowest BCUT2D eigenvalue weighted by molar-refractivity contribution is 0.602. The van der Waals surface area contributed by atoms with Crippen LogP contribution in [0.5, 0.6) is 0 Å². The van der Waals surface area contributed by atoms with E-state index < -0.39 is 10.0 Å². The molecule has 0 unspecified atom stereocenters. The van der Waals surface area contributed by atoms with Crippen molar-refractivity contribution >= 4 is 26.6 Å². The first kappa shape index (κ1) is 12.6. The maximum absolute atomic E-state index is 12.5. The monoisotopic (exact) mass is 284 g/mol. The van der Waals surface area contributed by atoms with Gasteiger partial charge in [-0.15, -0.1) is 0 Å². The van der Waals surface area contributed by atoms with Crippen molar-refractivity contribution < 1.29 is 8.42 Å². The molecule has 3 rings (SSSR count). The van der Waals surface area contributed by atoms with E-state index in [0.29, 0.717) is 16.6 Å². The molecule has 0 saturated carbocycles. The van der Waals surface area contributed by atoms with E-state index in [9.17, 15) is 8.42 Å². The van der Waals surface area contributed by atoms with Crippen molar-refractivity contribution in [3.05, 3.63) is 66.9 Å². The second-order valence-electron chi connectivity index (χ2n) is 4.30. The van der Waals surface area contributed by atoms with Gasteiger partial charge in [0.05, 0.1) is 10.4 Å². The molecule has 4 nitrogen and oxygen atoms in total. The number of para-hydroxylation sites is 1. The predicted octanol–water partition coefficient (Wildman–Crippen LogP) is 3.04. The van der Waals surface area contributed by atoms with Gasteiger partial charge >= 0.3 is 0 Å². The SMILES string of the molecule is O=S(=O)(Nc1ccccc1)c1cccc2ncccc12. The van der Waals surface area contributed by atoms with Crippen molar-refractivity contribution in [1.82, 2.24) is 4.98 Å². The topological polar surface area (TPSA) is 59.1 Å². The second-order valence-corrected chi connectivity index (χ2v) is 5.95. The highest BCUT2D eigenvalue weighted by molar-refractivity contribution is 7.93. The van der Waals surface area contributed by atoms with Crippen LogP contribution < -0.4 is 4.72 Å². The van der Waals surface area contributed by atoms with Crippen LogP contribution in [0, 0.1) is 0 Å². The summed E-state index contributed by atoms with van der Waals surface area (Å²) in [4.78, 5) is 4.40. The molecule has 1 aromatic heterocycles. The molecular formula is C15H12N2O2S. The van der Waals surface area contributed by atoms with E-state index >= 15 is 0 Å². The van der Waals surface area contributed by atoms with E-state index in [1.807, 2.05) is 6.07 Å². The number of sulfonamides is 1. The summed E-state index contributed by atoms with van der Waals surface area (Å²) in [6.07, 6.45) is 1.64. The van der Waals surface area contributed by atoms with E-state index in [-0.39, 0.29) is 4.90 Å². The van der Waals surface area contributed by atoms with Crippen molar-refractivity contribution in [2.24, 2.45) is 0 Å². The van der Waals surface area contributed by atoms with Crippen LogP contribution in [0.2, 0.25) is 0 Å². The minimum atomic E-state index is -3.63. The Bertz CT molecular complexity index is 841. The summed E-state index contributed by atoms with van der Waals surface area (Å²) in [7, 11) is -3.63. The summed E-state index contributed by atoms with van der Waals surface area (Å²) in [6.45, 7) is 0. The summed E-state index contributed by atoms with van der Waals surface area (Å²) in [5.74, 6) is 0. The van der Waals surface area contributed by atoms with Crippen LogP contribution in [0.1, 0.15) is 0 Å². The molecule has 100 valence electrons. The third kappa shape index (κ3) is 2.35. The zero-order valence-corrected chi connectivity index (χ0v) is 11.3. The maximum Gasteiger partial charge on any atom is 0.262 e. The van der Waals surface area contributed by atoms with Crippen LogP contribution >= 0.6 is 0 Å². The van der Waals surface area contributed by atoms with Crippen molar-refractivity contribution in [1.29, 1.82) is 0 Å². The highest BCUT2D eigenvalue weighted by Gasteiger charge is 2.17. The zero-order valence-electron chi connectivity index (χ0n) is 10.5. The van der Waals surface area contributed by atoms with Gasteiger partial charge in [0.1, 0.15) is 0 Å². The van der Waals surface area contributed by atoms with Crippen molar-refractivity contribution in [3.8, 4) is 0 Å². The van der Waals surface area contributed by atoms with Crippen LogP contribution in [0.15, 0.2) is 71.8 Å². The van der Waals surface area contributed by atoms with E-state index in [1.165, 1.54) is 0 Å². The van der Waals surface area contributed by atoms with Crippen molar-refractivity contribution in [2.75, 3.05) is 4.72 Å². The standard InChI is InChI=1S/C15H12N2O2S/c18-20(19,17-12-6-2-1-3-7-12)15-10-4-9-14-13(15)8-5-11-16-14/h1-11,17H. The number of fused-ring (bicyclic) bond motifs is 1. The molecule has 0 radical (unpaired) electrons. The Morgan fingerprint density at radius 2 is 1.65 bits per heavy atom. The number of rotatable bonds is 3. The molecule has 20 heavy (non-hydrogen) atoms. The Kier molecular flexibility index (Phi) is 3.12. The van der Waals surface area contributed by atoms with Crippen LogP contribution in [0.3, 0.4) is 0 Å². The van der Waals surface area contributed by atoms with Crippen molar-refractivity contribution in [2.45, 2.75) is 4.90 Å². The Morgan fingerprint density at radius 3 is 2.45 bits per heavy atom. The molecule has 5 heteroatoms. The summed E-state index contributed by atoms with van der Waals surface area (Å²) < 4.78 is 27.5. The second kappa shape index (κ2) is 4.94. The van der Waals surface area contributed by atoms with Gasteiger partial charge in [-0.1, -0.05) is 24.3 Å². The Morgan fingerprint density at radius 1 is 0.850 bits per heavy atom. The lowest BCUT2D eigenvalue weighted by atomic mass is 10.2. The quantitative estimate of drug-likeness (QED) is 0.804. The molecule has 0 spiro atoms. The molecule has 0 aliphatic carbocycles. The lowest BCUT2D eigenvalue weighted by Gasteiger charge is -2.10. The van der Waals surface area contributed by atoms with Crippen LogP contribution in [-0.4, -0.2) is 13.4 Å².